The summed E-state index contributed by atoms with van der Waals surface area (Å²) in [5, 5.41) is 0. The van der Waals surface area contributed by atoms with Crippen LogP contribution >= 0.6 is 11.8 Å². The molecule has 254 valence electrons. The SMILES string of the molecule is C1=CC2C(c3ccccc3)=CC3=C(c4ccc(-c5ccccc5)cc4C34c3ccc(-c5ccccc5)cc3Sc3cc(-c5ccccc5)ccc34)C2C=C1. The van der Waals surface area contributed by atoms with Crippen LogP contribution in [-0.2, 0) is 5.41 Å². The monoisotopic (exact) mass is 704 g/mol. The van der Waals surface area contributed by atoms with Gasteiger partial charge < -0.3 is 0 Å². The first-order valence-electron chi connectivity index (χ1n) is 18.9. The Bertz CT molecular complexity index is 2630. The Kier molecular flexibility index (Phi) is 7.25. The van der Waals surface area contributed by atoms with E-state index in [9.17, 15) is 0 Å². The Morgan fingerprint density at radius 2 is 0.852 bits per heavy atom. The van der Waals surface area contributed by atoms with E-state index in [0.717, 1.165) is 0 Å². The van der Waals surface area contributed by atoms with E-state index in [1.165, 1.54) is 87.7 Å². The molecular formula is C53H36S. The van der Waals surface area contributed by atoms with E-state index >= 15 is 0 Å². The Balaban J connectivity index is 1.26. The fourth-order valence-electron chi connectivity index (χ4n) is 9.57. The normalized spacial score (nSPS) is 18.3. The van der Waals surface area contributed by atoms with Gasteiger partial charge >= 0.3 is 0 Å². The highest BCUT2D eigenvalue weighted by Crippen LogP contribution is 2.66. The summed E-state index contributed by atoms with van der Waals surface area (Å²) < 4.78 is 0. The van der Waals surface area contributed by atoms with Gasteiger partial charge in [-0.1, -0.05) is 200 Å². The summed E-state index contributed by atoms with van der Waals surface area (Å²) >= 11 is 1.93. The van der Waals surface area contributed by atoms with Gasteiger partial charge in [0.1, 0.15) is 0 Å². The van der Waals surface area contributed by atoms with Gasteiger partial charge in [-0.3, -0.25) is 0 Å². The van der Waals surface area contributed by atoms with E-state index in [-0.39, 0.29) is 11.8 Å². The molecular weight excluding hydrogens is 669 g/mol. The summed E-state index contributed by atoms with van der Waals surface area (Å²) in [5.41, 5.74) is 18.0. The lowest BCUT2D eigenvalue weighted by Crippen LogP contribution is -2.34. The highest BCUT2D eigenvalue weighted by Gasteiger charge is 2.54. The van der Waals surface area contributed by atoms with Crippen LogP contribution in [0.25, 0.3) is 44.5 Å². The molecule has 0 aromatic heterocycles. The molecule has 2 atom stereocenters. The Hall–Kier alpha value is -6.15. The Morgan fingerprint density at radius 3 is 1.39 bits per heavy atom. The van der Waals surface area contributed by atoms with Crippen LogP contribution in [0.3, 0.4) is 0 Å². The molecule has 1 heteroatoms. The third-order valence-corrected chi connectivity index (χ3v) is 13.1. The van der Waals surface area contributed by atoms with Crippen molar-refractivity contribution in [2.45, 2.75) is 15.2 Å². The molecule has 1 heterocycles. The van der Waals surface area contributed by atoms with Gasteiger partial charge in [-0.05, 0) is 96.1 Å². The highest BCUT2D eigenvalue weighted by molar-refractivity contribution is 7.99. The lowest BCUT2D eigenvalue weighted by atomic mass is 9.63. The minimum atomic E-state index is -0.518. The lowest BCUT2D eigenvalue weighted by Gasteiger charge is -2.43. The standard InChI is InChI=1S/C53H36S/c1-5-15-35(16-6-1)39-25-28-44-48(31-39)53(49-34-45(38-21-11-4-12-22-38)42-23-13-14-24-43(42)52(44)49)46-29-26-40(36-17-7-2-8-18-36)32-50(46)54-51-33-41(27-30-47(51)53)37-19-9-3-10-20-37/h1-34,42-43H. The van der Waals surface area contributed by atoms with Gasteiger partial charge in [-0.25, -0.2) is 0 Å². The second kappa shape index (κ2) is 12.5. The quantitative estimate of drug-likeness (QED) is 0.176. The second-order valence-corrected chi connectivity index (χ2v) is 15.8. The highest BCUT2D eigenvalue weighted by atomic mass is 32.2. The molecule has 2 unspecified atom stereocenters. The van der Waals surface area contributed by atoms with Crippen LogP contribution in [0.5, 0.6) is 0 Å². The molecule has 1 spiro atoms. The van der Waals surface area contributed by atoms with Crippen molar-refractivity contribution in [2.24, 2.45) is 11.8 Å². The third-order valence-electron chi connectivity index (χ3n) is 12.0. The van der Waals surface area contributed by atoms with E-state index in [2.05, 4.69) is 206 Å². The van der Waals surface area contributed by atoms with Gasteiger partial charge in [0.05, 0.1) is 5.41 Å². The molecule has 7 aromatic carbocycles. The van der Waals surface area contributed by atoms with Crippen molar-refractivity contribution < 1.29 is 0 Å². The van der Waals surface area contributed by atoms with Gasteiger partial charge in [0.2, 0.25) is 0 Å². The smallest absolute Gasteiger partial charge is 0.0732 e. The van der Waals surface area contributed by atoms with Gasteiger partial charge in [0.15, 0.2) is 0 Å². The number of allylic oxidation sites excluding steroid dienone is 8. The second-order valence-electron chi connectivity index (χ2n) is 14.7. The maximum absolute atomic E-state index is 2.59. The van der Waals surface area contributed by atoms with Crippen molar-refractivity contribution in [1.29, 1.82) is 0 Å². The van der Waals surface area contributed by atoms with Crippen molar-refractivity contribution >= 4 is 22.9 Å². The molecule has 1 aliphatic heterocycles. The van der Waals surface area contributed by atoms with Crippen LogP contribution in [0.15, 0.2) is 222 Å². The average molecular weight is 705 g/mol. The molecule has 54 heavy (non-hydrogen) atoms. The topological polar surface area (TPSA) is 0 Å². The van der Waals surface area contributed by atoms with E-state index in [4.69, 9.17) is 0 Å². The largest absolute Gasteiger partial charge is 0.0894 e. The molecule has 0 saturated heterocycles. The van der Waals surface area contributed by atoms with Crippen molar-refractivity contribution in [2.75, 3.05) is 0 Å². The predicted octanol–water partition coefficient (Wildman–Crippen LogP) is 13.7. The van der Waals surface area contributed by atoms with Crippen LogP contribution in [0.4, 0.5) is 0 Å². The van der Waals surface area contributed by atoms with Gasteiger partial charge in [-0.15, -0.1) is 0 Å². The summed E-state index contributed by atoms with van der Waals surface area (Å²) in [6.45, 7) is 0. The third kappa shape index (κ3) is 4.72. The van der Waals surface area contributed by atoms with Crippen LogP contribution in [0, 0.1) is 11.8 Å². The summed E-state index contributed by atoms with van der Waals surface area (Å²) in [4.78, 5) is 2.63. The molecule has 0 fully saturated rings. The molecule has 0 saturated carbocycles. The van der Waals surface area contributed by atoms with Crippen molar-refractivity contribution in [1.82, 2.24) is 0 Å². The molecule has 0 bridgehead atoms. The maximum atomic E-state index is 2.59. The zero-order valence-corrected chi connectivity index (χ0v) is 30.5. The van der Waals surface area contributed by atoms with Crippen molar-refractivity contribution in [3.05, 3.63) is 240 Å². The zero-order chi connectivity index (χ0) is 35.6. The summed E-state index contributed by atoms with van der Waals surface area (Å²) in [6.07, 6.45) is 12.0. The fraction of sp³-hybridized carbons (Fsp3) is 0.0566. The van der Waals surface area contributed by atoms with E-state index in [1.807, 2.05) is 11.8 Å². The summed E-state index contributed by atoms with van der Waals surface area (Å²) in [6, 6.07) is 65.4. The number of rotatable bonds is 4. The molecule has 4 aliphatic rings. The van der Waals surface area contributed by atoms with Gasteiger partial charge in [-0.2, -0.15) is 0 Å². The van der Waals surface area contributed by atoms with Gasteiger partial charge in [0, 0.05) is 21.6 Å². The minimum absolute atomic E-state index is 0.222. The van der Waals surface area contributed by atoms with Crippen LogP contribution in [0.1, 0.15) is 27.8 Å². The summed E-state index contributed by atoms with van der Waals surface area (Å²) in [5.74, 6) is 0.477. The van der Waals surface area contributed by atoms with Crippen LogP contribution < -0.4 is 0 Å². The number of benzene rings is 7. The number of hydrogen-bond acceptors (Lipinski definition) is 1. The zero-order valence-electron chi connectivity index (χ0n) is 29.7. The van der Waals surface area contributed by atoms with Crippen molar-refractivity contribution in [3.8, 4) is 33.4 Å². The fourth-order valence-corrected chi connectivity index (χ4v) is 10.8. The van der Waals surface area contributed by atoms with E-state index in [0.29, 0.717) is 0 Å². The first kappa shape index (κ1) is 31.4. The first-order chi connectivity index (χ1) is 26.8. The summed E-state index contributed by atoms with van der Waals surface area (Å²) in [7, 11) is 0. The number of fused-ring (bicyclic) bond motifs is 10. The Morgan fingerprint density at radius 1 is 0.389 bits per heavy atom. The van der Waals surface area contributed by atoms with Crippen LogP contribution in [-0.4, -0.2) is 0 Å². The molecule has 0 nitrogen and oxygen atoms in total. The molecule has 0 N–H and O–H groups in total. The molecule has 11 rings (SSSR count). The minimum Gasteiger partial charge on any atom is -0.0894 e. The molecule has 0 amide bonds. The first-order valence-corrected chi connectivity index (χ1v) is 19.7. The van der Waals surface area contributed by atoms with Crippen LogP contribution in [0.2, 0.25) is 0 Å². The van der Waals surface area contributed by atoms with Gasteiger partial charge in [0.25, 0.3) is 0 Å². The number of hydrogen-bond donors (Lipinski definition) is 0. The lowest BCUT2D eigenvalue weighted by molar-refractivity contribution is 0.670. The molecule has 0 radical (unpaired) electrons. The van der Waals surface area contributed by atoms with E-state index in [1.54, 1.807) is 0 Å². The molecule has 7 aromatic rings. The molecule has 3 aliphatic carbocycles. The van der Waals surface area contributed by atoms with E-state index < -0.39 is 5.41 Å². The average Bonchev–Trinajstić information content (AvgIpc) is 3.54. The maximum Gasteiger partial charge on any atom is 0.0732 e. The Labute approximate surface area is 321 Å². The predicted molar refractivity (Wildman–Crippen MR) is 226 cm³/mol. The van der Waals surface area contributed by atoms with Crippen molar-refractivity contribution in [3.63, 3.8) is 0 Å².